The molecule has 0 saturated carbocycles. The molecule has 0 heterocycles. The van der Waals surface area contributed by atoms with E-state index in [2.05, 4.69) is 92.8 Å². The third kappa shape index (κ3) is 84.0. The average molecular weight is 2720 g/mol. The monoisotopic (exact) mass is 2710 g/mol. The number of rotatable bonds is 10. The fourth-order valence-corrected chi connectivity index (χ4v) is 183. The van der Waals surface area contributed by atoms with Gasteiger partial charge in [-0.1, -0.05) is 39.3 Å². The molecule has 2 aromatic rings. The Morgan fingerprint density at radius 1 is 0.228 bits per heavy atom. The Balaban J connectivity index is 0. The van der Waals surface area contributed by atoms with Gasteiger partial charge < -0.3 is 0 Å². The molecule has 0 fully saturated rings. The average Bonchev–Trinajstić information content (AvgIpc) is 0.848. The quantitative estimate of drug-likeness (QED) is 0.218. The summed E-state index contributed by atoms with van der Waals surface area (Å²) in [4.78, 5) is 0. The summed E-state index contributed by atoms with van der Waals surface area (Å²) in [5, 5.41) is 0. The van der Waals surface area contributed by atoms with Crippen molar-refractivity contribution in [3.63, 3.8) is 0 Å². The van der Waals surface area contributed by atoms with Crippen LogP contribution in [0.2, 0.25) is 13.3 Å². The van der Waals surface area contributed by atoms with Gasteiger partial charge in [-0.25, -0.2) is 0 Å². The molecule has 0 unspecified atom stereocenters. The van der Waals surface area contributed by atoms with Crippen LogP contribution in [0.15, 0.2) is 61.9 Å². The van der Waals surface area contributed by atoms with Crippen molar-refractivity contribution in [3.8, 4) is 0 Å². The Morgan fingerprint density at radius 2 is 0.348 bits per heavy atom. The summed E-state index contributed by atoms with van der Waals surface area (Å²) >= 11 is 17.7. The van der Waals surface area contributed by atoms with Gasteiger partial charge >= 0.3 is 139 Å². The molecule has 2 rings (SSSR count). The second-order valence-electron chi connectivity index (χ2n) is 11.7. The van der Waals surface area contributed by atoms with Gasteiger partial charge in [-0.2, -0.15) is 0 Å². The SMILES string of the molecule is Brc1ccc(Br)cc1.C.CCC[CH2][Sn]([CH2]CCC)([CH2]CCC)[c]1ccc(Br)cc1.S=S=S=S=S=S=S=S=S=S=S=S=S=S=S=S=S=S=S=S=S=S=S=S=S=S=S=S=S=S=S=S=S=S=S=S=S=S=S=S=S=S=S=S=S=S=S=S=S=S=S=S=S=S=S=S=S=S=S=S=S=S=S. The molecule has 0 aliphatic heterocycles. The van der Waals surface area contributed by atoms with E-state index in [1.807, 2.05) is 442 Å². The first-order valence-corrected chi connectivity index (χ1v) is 114. The maximum absolute atomic E-state index is 4.82. The first-order chi connectivity index (χ1) is 44.9. The van der Waals surface area contributed by atoms with Crippen LogP contribution in [0.25, 0.3) is 0 Å². The summed E-state index contributed by atoms with van der Waals surface area (Å²) in [6.07, 6.45) is 8.40. The van der Waals surface area contributed by atoms with Crippen LogP contribution >= 0.6 is 47.8 Å². The molecule has 0 amide bonds. The number of hydrogen-bond donors (Lipinski definition) is 0. The molecule has 0 N–H and O–H groups in total. The topological polar surface area (TPSA) is 0 Å². The van der Waals surface area contributed by atoms with E-state index in [1.54, 1.807) is 123 Å². The van der Waals surface area contributed by atoms with Crippen LogP contribution in [-0.2, 0) is 564 Å². The fourth-order valence-electron chi connectivity index (χ4n) is 4.26. The minimum absolute atomic E-state index is 0. The largest absolute Gasteiger partial charge is 0 e. The molecule has 0 saturated heterocycles. The molecule has 2 aromatic carbocycles. The van der Waals surface area contributed by atoms with Gasteiger partial charge in [0.05, 0.1) is 0 Å². The van der Waals surface area contributed by atoms with E-state index in [0.717, 1.165) is 8.95 Å². The summed E-state index contributed by atoms with van der Waals surface area (Å²) in [7, 11) is 110. The van der Waals surface area contributed by atoms with Crippen LogP contribution in [0.1, 0.15) is 66.7 Å². The molecule has 542 valence electrons. The number of benzene rings is 2. The minimum atomic E-state index is -2.15. The first kappa shape index (κ1) is 109. The van der Waals surface area contributed by atoms with Crippen LogP contribution in [-0.4, -0.2) is 18.4 Å². The minimum Gasteiger partial charge on any atom is 0 e. The third-order valence-corrected chi connectivity index (χ3v) is 158. The molecule has 0 aromatic heterocycles. The van der Waals surface area contributed by atoms with E-state index in [-0.39, 0.29) is 7.43 Å². The Kier molecular flexibility index (Phi) is 111. The smallest absolute Gasteiger partial charge is 0 e. The van der Waals surface area contributed by atoms with Crippen LogP contribution < -0.4 is 3.58 Å². The Labute approximate surface area is 754 Å². The summed E-state index contributed by atoms with van der Waals surface area (Å²) in [5.41, 5.74) is 0. The first-order valence-electron chi connectivity index (χ1n) is 21.0. The van der Waals surface area contributed by atoms with Gasteiger partial charge in [-0.15, -0.1) is 0 Å². The van der Waals surface area contributed by atoms with Crippen LogP contribution in [0.4, 0.5) is 0 Å². The predicted octanol–water partition coefficient (Wildman–Crippen LogP) is 10.2. The van der Waals surface area contributed by atoms with E-state index >= 15 is 0 Å². The fraction of sp³-hybridized carbons (Fsp3) is 0.520. The van der Waals surface area contributed by atoms with Gasteiger partial charge in [0.2, 0.25) is 0 Å². The van der Waals surface area contributed by atoms with Gasteiger partial charge in [0.1, 0.15) is 0 Å². The molecular formula is C25H39Br3S63Sn. The normalized spacial score (nSPS) is 8.72. The third-order valence-electron chi connectivity index (χ3n) is 6.95. The van der Waals surface area contributed by atoms with Crippen LogP contribution in [0, 0.1) is 0 Å². The summed E-state index contributed by atoms with van der Waals surface area (Å²) in [5.74, 6) is 0. The Morgan fingerprint density at radius 3 is 0.467 bits per heavy atom. The zero-order valence-corrected chi connectivity index (χ0v) is 102. The molecule has 0 aliphatic rings. The second-order valence-corrected chi connectivity index (χ2v) is 136. The molecule has 0 bridgehead atoms. The van der Waals surface area contributed by atoms with Crippen molar-refractivity contribution >= 4 is 634 Å². The summed E-state index contributed by atoms with van der Waals surface area (Å²) in [6, 6.07) is 17.4. The van der Waals surface area contributed by atoms with Gasteiger partial charge in [-0.05, 0) is 24.3 Å². The molecule has 0 spiro atoms. The number of unbranched alkanes of at least 4 members (excludes halogenated alkanes) is 3. The van der Waals surface area contributed by atoms with E-state index in [4.69, 9.17) is 22.4 Å². The van der Waals surface area contributed by atoms with E-state index in [0.29, 0.717) is 0 Å². The van der Waals surface area contributed by atoms with Crippen molar-refractivity contribution in [2.45, 2.75) is 80.0 Å². The van der Waals surface area contributed by atoms with Crippen molar-refractivity contribution in [3.05, 3.63) is 61.9 Å². The van der Waals surface area contributed by atoms with Gasteiger partial charge in [0.15, 0.2) is 0 Å². The second kappa shape index (κ2) is 94.4. The van der Waals surface area contributed by atoms with Gasteiger partial charge in [-0.3, -0.25) is 0 Å². The molecule has 0 radical (unpaired) electrons. The van der Waals surface area contributed by atoms with Crippen LogP contribution in [0.5, 0.6) is 0 Å². The number of hydrogen-bond acceptors (Lipinski definition) is 2. The summed E-state index contributed by atoms with van der Waals surface area (Å²) in [6.45, 7) is 7.04. The molecule has 0 atom stereocenters. The van der Waals surface area contributed by atoms with E-state index in [1.165, 1.54) is 60.8 Å². The molecule has 0 nitrogen and oxygen atoms in total. The molecular weight excluding hydrogens is 2680 g/mol. The van der Waals surface area contributed by atoms with E-state index < -0.39 is 18.4 Å². The Bertz CT molecular complexity index is 5400. The molecule has 67 heteroatoms. The Hall–Kier alpha value is 14.5. The molecule has 92 heavy (non-hydrogen) atoms. The maximum atomic E-state index is 4.82. The summed E-state index contributed by atoms with van der Waals surface area (Å²) < 4.78 is 9.91. The van der Waals surface area contributed by atoms with Crippen LogP contribution in [0.3, 0.4) is 0 Å². The van der Waals surface area contributed by atoms with Gasteiger partial charge in [0, 0.05) is 573 Å². The van der Waals surface area contributed by atoms with Crippen molar-refractivity contribution in [1.29, 1.82) is 0 Å². The zero-order chi connectivity index (χ0) is 66.0. The zero-order valence-electron chi connectivity index (χ0n) is 43.3. The maximum Gasteiger partial charge on any atom is 0 e. The van der Waals surface area contributed by atoms with Crippen molar-refractivity contribution < 1.29 is 0 Å². The van der Waals surface area contributed by atoms with Gasteiger partial charge in [0.25, 0.3) is 0 Å². The van der Waals surface area contributed by atoms with Crippen molar-refractivity contribution in [1.82, 2.24) is 0 Å². The van der Waals surface area contributed by atoms with Crippen molar-refractivity contribution in [2.75, 3.05) is 0 Å². The van der Waals surface area contributed by atoms with Crippen molar-refractivity contribution in [2.24, 2.45) is 0 Å². The molecule has 0 aliphatic carbocycles. The standard InChI is InChI=1S/C6H4Br2.C6H4Br.3C4H9.CH4.S63.Sn/c7-5-1-2-6(8)4-3-5;7-6-4-2-1-3-5-6;3*1-3-4-2;;1-3-5-7-9-11-13-15-17-19-21-23-25-27-29-31-33-35-37-39-41-43-45-47-49-51-53-55-57-59-61-63-62-60-58-56-54-52-50-48-46-44-42-40-38-36-34-32-30-28-26-24-22-20-18-16-14-12-10-8-6-4-2;/h1-4H;2-5H;3*1,3-4H2,2H3;1H4;;. The van der Waals surface area contributed by atoms with E-state index in [9.17, 15) is 0 Å². The predicted molar refractivity (Wildman–Crippen MR) is 611 cm³/mol. The number of halogens is 3.